The topological polar surface area (TPSA) is 108 Å². The molecule has 0 aromatic heterocycles. The van der Waals surface area contributed by atoms with E-state index in [1.165, 1.54) is 18.2 Å². The summed E-state index contributed by atoms with van der Waals surface area (Å²) in [5.41, 5.74) is 4.84. The van der Waals surface area contributed by atoms with Gasteiger partial charge >= 0.3 is 12.0 Å². The molecule has 0 aliphatic carbocycles. The zero-order chi connectivity index (χ0) is 16.7. The lowest BCUT2D eigenvalue weighted by Crippen LogP contribution is -2.46. The molecular formula is C14H17FN2O5. The number of hydrogen-bond donors (Lipinski definition) is 2. The quantitative estimate of drug-likeness (QED) is 0.761. The molecule has 120 valence electrons. The van der Waals surface area contributed by atoms with Crippen LogP contribution in [0.3, 0.4) is 0 Å². The molecule has 1 rings (SSSR count). The van der Waals surface area contributed by atoms with Crippen molar-refractivity contribution in [1.29, 1.82) is 0 Å². The molecule has 0 fully saturated rings. The number of nitrogens with two attached hydrogens (primary N) is 1. The summed E-state index contributed by atoms with van der Waals surface area (Å²) in [6, 6.07) is 4.50. The van der Waals surface area contributed by atoms with Crippen LogP contribution in [0.4, 0.5) is 9.18 Å². The first-order valence-electron chi connectivity index (χ1n) is 6.48. The van der Waals surface area contributed by atoms with Crippen LogP contribution in [0.2, 0.25) is 0 Å². The Kier molecular flexibility index (Phi) is 6.30. The Morgan fingerprint density at radius 3 is 2.45 bits per heavy atom. The summed E-state index contributed by atoms with van der Waals surface area (Å²) >= 11 is 0. The monoisotopic (exact) mass is 312 g/mol. The minimum Gasteiger partial charge on any atom is -0.479 e. The van der Waals surface area contributed by atoms with E-state index in [1.54, 1.807) is 19.9 Å². The first-order chi connectivity index (χ1) is 10.3. The number of rotatable bonds is 6. The van der Waals surface area contributed by atoms with Crippen molar-refractivity contribution in [3.05, 3.63) is 30.1 Å². The molecule has 0 aliphatic heterocycles. The number of carbonyl (C=O) groups excluding carboxylic acids is 3. The van der Waals surface area contributed by atoms with Gasteiger partial charge in [0, 0.05) is 0 Å². The Morgan fingerprint density at radius 2 is 1.91 bits per heavy atom. The summed E-state index contributed by atoms with van der Waals surface area (Å²) in [6.45, 7) is 2.67. The summed E-state index contributed by atoms with van der Waals surface area (Å²) in [5, 5.41) is 1.83. The van der Waals surface area contributed by atoms with Crippen molar-refractivity contribution in [2.75, 3.05) is 6.61 Å². The smallest absolute Gasteiger partial charge is 0.344 e. The normalized spacial score (nSPS) is 11.6. The van der Waals surface area contributed by atoms with Gasteiger partial charge in [-0.15, -0.1) is 0 Å². The van der Waals surface area contributed by atoms with Crippen LogP contribution in [0.5, 0.6) is 5.75 Å². The number of primary amides is 1. The summed E-state index contributed by atoms with van der Waals surface area (Å²) in [6.07, 6.45) is -1.20. The van der Waals surface area contributed by atoms with Gasteiger partial charge in [-0.05, 0) is 18.1 Å². The van der Waals surface area contributed by atoms with Crippen LogP contribution in [0, 0.1) is 11.7 Å². The highest BCUT2D eigenvalue weighted by Crippen LogP contribution is 2.15. The van der Waals surface area contributed by atoms with E-state index in [4.69, 9.17) is 15.2 Å². The fourth-order valence-corrected chi connectivity index (χ4v) is 1.56. The zero-order valence-electron chi connectivity index (χ0n) is 12.2. The lowest BCUT2D eigenvalue weighted by Gasteiger charge is -2.19. The maximum atomic E-state index is 13.3. The van der Waals surface area contributed by atoms with Gasteiger partial charge in [0.25, 0.3) is 5.91 Å². The van der Waals surface area contributed by atoms with E-state index in [0.717, 1.165) is 0 Å². The predicted molar refractivity (Wildman–Crippen MR) is 74.3 cm³/mol. The van der Waals surface area contributed by atoms with Crippen molar-refractivity contribution >= 4 is 17.9 Å². The highest BCUT2D eigenvalue weighted by molar-refractivity contribution is 5.96. The number of imide groups is 1. The van der Waals surface area contributed by atoms with Crippen LogP contribution in [-0.4, -0.2) is 30.6 Å². The van der Waals surface area contributed by atoms with Gasteiger partial charge < -0.3 is 15.2 Å². The van der Waals surface area contributed by atoms with Gasteiger partial charge in [0.1, 0.15) is 0 Å². The highest BCUT2D eigenvalue weighted by Gasteiger charge is 2.27. The number of esters is 1. The first-order valence-corrected chi connectivity index (χ1v) is 6.48. The van der Waals surface area contributed by atoms with Crippen molar-refractivity contribution in [2.24, 2.45) is 11.7 Å². The SMILES string of the molecule is CC(C)[C@H](OC(=O)COc1ccccc1F)C(=O)NC(N)=O. The van der Waals surface area contributed by atoms with E-state index >= 15 is 0 Å². The molecule has 3 N–H and O–H groups in total. The number of carbonyl (C=O) groups is 3. The molecule has 0 saturated carbocycles. The predicted octanol–water partition coefficient (Wildman–Crippen LogP) is 0.967. The van der Waals surface area contributed by atoms with Gasteiger partial charge in [-0.25, -0.2) is 14.0 Å². The summed E-state index contributed by atoms with van der Waals surface area (Å²) < 4.78 is 23.2. The zero-order valence-corrected chi connectivity index (χ0v) is 12.2. The molecule has 3 amide bonds. The fraction of sp³-hybridized carbons (Fsp3) is 0.357. The molecule has 8 heteroatoms. The second-order valence-corrected chi connectivity index (χ2v) is 4.73. The minimum atomic E-state index is -1.20. The van der Waals surface area contributed by atoms with Crippen LogP contribution < -0.4 is 15.8 Å². The molecular weight excluding hydrogens is 295 g/mol. The fourth-order valence-electron chi connectivity index (χ4n) is 1.56. The van der Waals surface area contributed by atoms with Crippen LogP contribution in [0.15, 0.2) is 24.3 Å². The Balaban J connectivity index is 2.59. The van der Waals surface area contributed by atoms with E-state index < -0.39 is 42.4 Å². The summed E-state index contributed by atoms with van der Waals surface area (Å²) in [7, 11) is 0. The number of urea groups is 1. The average Bonchev–Trinajstić information content (AvgIpc) is 2.42. The number of benzene rings is 1. The van der Waals surface area contributed by atoms with Gasteiger partial charge in [0.15, 0.2) is 24.3 Å². The van der Waals surface area contributed by atoms with Crippen molar-refractivity contribution in [2.45, 2.75) is 20.0 Å². The number of para-hydroxylation sites is 1. The van der Waals surface area contributed by atoms with E-state index in [-0.39, 0.29) is 5.75 Å². The Morgan fingerprint density at radius 1 is 1.27 bits per heavy atom. The highest BCUT2D eigenvalue weighted by atomic mass is 19.1. The first kappa shape index (κ1) is 17.4. The second-order valence-electron chi connectivity index (χ2n) is 4.73. The van der Waals surface area contributed by atoms with Gasteiger partial charge in [-0.2, -0.15) is 0 Å². The maximum Gasteiger partial charge on any atom is 0.344 e. The van der Waals surface area contributed by atoms with E-state index in [0.29, 0.717) is 0 Å². The van der Waals surface area contributed by atoms with Crippen molar-refractivity contribution in [3.63, 3.8) is 0 Å². The summed E-state index contributed by atoms with van der Waals surface area (Å²) in [5.74, 6) is -2.83. The number of ether oxygens (including phenoxy) is 2. The molecule has 0 saturated heterocycles. The lowest BCUT2D eigenvalue weighted by molar-refractivity contribution is -0.160. The third-order valence-electron chi connectivity index (χ3n) is 2.55. The van der Waals surface area contributed by atoms with E-state index in [1.807, 2.05) is 5.32 Å². The van der Waals surface area contributed by atoms with Crippen molar-refractivity contribution in [3.8, 4) is 5.75 Å². The lowest BCUT2D eigenvalue weighted by atomic mass is 10.1. The van der Waals surface area contributed by atoms with Crippen LogP contribution in [0.1, 0.15) is 13.8 Å². The van der Waals surface area contributed by atoms with Crippen LogP contribution in [-0.2, 0) is 14.3 Å². The van der Waals surface area contributed by atoms with Crippen LogP contribution in [0.25, 0.3) is 0 Å². The molecule has 0 bridgehead atoms. The van der Waals surface area contributed by atoms with Crippen molar-refractivity contribution < 1.29 is 28.2 Å². The molecule has 0 aliphatic rings. The molecule has 0 radical (unpaired) electrons. The average molecular weight is 312 g/mol. The maximum absolute atomic E-state index is 13.3. The molecule has 0 unspecified atom stereocenters. The Bertz CT molecular complexity index is 562. The number of nitrogens with one attached hydrogen (secondary N) is 1. The Labute approximate surface area is 126 Å². The van der Waals surface area contributed by atoms with Gasteiger partial charge in [-0.1, -0.05) is 26.0 Å². The third-order valence-corrected chi connectivity index (χ3v) is 2.55. The van der Waals surface area contributed by atoms with Gasteiger partial charge in [-0.3, -0.25) is 10.1 Å². The molecule has 0 heterocycles. The van der Waals surface area contributed by atoms with Gasteiger partial charge in [0.2, 0.25) is 0 Å². The largest absolute Gasteiger partial charge is 0.479 e. The molecule has 1 atom stereocenters. The molecule has 1 aromatic carbocycles. The molecule has 22 heavy (non-hydrogen) atoms. The second kappa shape index (κ2) is 7.96. The molecule has 1 aromatic rings. The standard InChI is InChI=1S/C14H17FN2O5/c1-8(2)12(13(19)17-14(16)20)22-11(18)7-21-10-6-4-3-5-9(10)15/h3-6,8,12H,7H2,1-2H3,(H3,16,17,19,20)/t12-/m0/s1. The Hall–Kier alpha value is -2.64. The molecule has 7 nitrogen and oxygen atoms in total. The number of amides is 3. The third kappa shape index (κ3) is 5.39. The summed E-state index contributed by atoms with van der Waals surface area (Å²) in [4.78, 5) is 34.0. The number of halogens is 1. The number of hydrogen-bond acceptors (Lipinski definition) is 5. The van der Waals surface area contributed by atoms with Crippen LogP contribution >= 0.6 is 0 Å². The van der Waals surface area contributed by atoms with E-state index in [2.05, 4.69) is 0 Å². The minimum absolute atomic E-state index is 0.109. The van der Waals surface area contributed by atoms with Crippen molar-refractivity contribution in [1.82, 2.24) is 5.32 Å². The van der Waals surface area contributed by atoms with Gasteiger partial charge in [0.05, 0.1) is 0 Å². The van der Waals surface area contributed by atoms with E-state index in [9.17, 15) is 18.8 Å². The molecule has 0 spiro atoms.